The van der Waals surface area contributed by atoms with E-state index in [1.54, 1.807) is 17.2 Å². The van der Waals surface area contributed by atoms with Gasteiger partial charge in [-0.25, -0.2) is 18.6 Å². The molecule has 0 saturated heterocycles. The summed E-state index contributed by atoms with van der Waals surface area (Å²) in [5.74, 6) is -2.51. The molecule has 230 valence electrons. The Balaban J connectivity index is 1.45. The minimum atomic E-state index is -4.68. The first-order chi connectivity index (χ1) is 21.1. The van der Waals surface area contributed by atoms with Gasteiger partial charge in [-0.05, 0) is 61.4 Å². The molecule has 1 atom stereocenters. The van der Waals surface area contributed by atoms with E-state index in [0.717, 1.165) is 12.1 Å². The van der Waals surface area contributed by atoms with Gasteiger partial charge in [-0.15, -0.1) is 0 Å². The van der Waals surface area contributed by atoms with Crippen LogP contribution >= 0.6 is 0 Å². The summed E-state index contributed by atoms with van der Waals surface area (Å²) < 4.78 is 80.9. The van der Waals surface area contributed by atoms with Crippen molar-refractivity contribution >= 4 is 12.0 Å². The highest BCUT2D eigenvalue weighted by molar-refractivity contribution is 5.78. The largest absolute Gasteiger partial charge is 0.494 e. The van der Waals surface area contributed by atoms with Gasteiger partial charge >= 0.3 is 12.1 Å². The molecular weight excluding hydrogens is 585 g/mol. The van der Waals surface area contributed by atoms with Crippen molar-refractivity contribution in [2.75, 3.05) is 13.2 Å². The van der Waals surface area contributed by atoms with E-state index in [1.807, 2.05) is 13.8 Å². The lowest BCUT2D eigenvalue weighted by atomic mass is 10.0. The number of aromatic nitrogens is 4. The molecule has 1 aliphatic rings. The van der Waals surface area contributed by atoms with Crippen molar-refractivity contribution in [3.8, 4) is 28.4 Å². The summed E-state index contributed by atoms with van der Waals surface area (Å²) >= 11 is 0. The molecule has 8 nitrogen and oxygen atoms in total. The molecule has 2 aromatic heterocycles. The van der Waals surface area contributed by atoms with Crippen LogP contribution < -0.4 is 4.74 Å². The Morgan fingerprint density at radius 3 is 2.52 bits per heavy atom. The minimum absolute atomic E-state index is 0.0457. The third-order valence-corrected chi connectivity index (χ3v) is 6.80. The summed E-state index contributed by atoms with van der Waals surface area (Å²) in [6, 6.07) is 9.07. The molecule has 1 aliphatic heterocycles. The zero-order valence-electron chi connectivity index (χ0n) is 23.8. The van der Waals surface area contributed by atoms with Crippen LogP contribution in [0.2, 0.25) is 0 Å². The zero-order chi connectivity index (χ0) is 31.4. The fraction of sp³-hybridized carbons (Fsp3) is 0.290. The first-order valence-electron chi connectivity index (χ1n) is 13.9. The Bertz CT molecular complexity index is 1670. The van der Waals surface area contributed by atoms with Crippen LogP contribution in [0, 0.1) is 11.6 Å². The Hall–Kier alpha value is -4.81. The van der Waals surface area contributed by atoms with Crippen molar-refractivity contribution in [2.45, 2.75) is 45.5 Å². The lowest BCUT2D eigenvalue weighted by Gasteiger charge is -2.30. The Labute approximate surface area is 249 Å². The van der Waals surface area contributed by atoms with Gasteiger partial charge in [0.1, 0.15) is 11.6 Å². The van der Waals surface area contributed by atoms with Crippen LogP contribution in [0.15, 0.2) is 54.7 Å². The predicted octanol–water partition coefficient (Wildman–Crippen LogP) is 7.10. The highest BCUT2D eigenvalue weighted by Crippen LogP contribution is 2.39. The van der Waals surface area contributed by atoms with E-state index in [4.69, 9.17) is 9.47 Å². The third kappa shape index (κ3) is 6.41. The SMILES string of the molecule is CCCOC(=O)C(c1ccc(-c2ccc(OCCC)cc2C(F)(F)F)nn1)N1C=Cc2nc(-c3cccc(F)c3F)[nH]c2C1. The molecule has 1 N–H and O–H groups in total. The molecule has 0 radical (unpaired) electrons. The molecule has 4 aromatic rings. The number of esters is 1. The van der Waals surface area contributed by atoms with Gasteiger partial charge in [-0.3, -0.25) is 0 Å². The van der Waals surface area contributed by atoms with Gasteiger partial charge < -0.3 is 19.4 Å². The fourth-order valence-electron chi connectivity index (χ4n) is 4.71. The van der Waals surface area contributed by atoms with Crippen molar-refractivity contribution in [3.05, 3.63) is 89.0 Å². The number of imidazole rings is 1. The number of carbonyl (C=O) groups excluding carboxylic acids is 1. The summed E-state index contributed by atoms with van der Waals surface area (Å²) in [5.41, 5.74) is -0.1000. The number of nitrogens with zero attached hydrogens (tertiary/aromatic N) is 4. The molecular formula is C31H28F5N5O3. The first kappa shape index (κ1) is 30.6. The number of nitrogens with one attached hydrogen (secondary N) is 1. The number of benzene rings is 2. The number of hydrogen-bond acceptors (Lipinski definition) is 7. The topological polar surface area (TPSA) is 93.2 Å². The molecule has 13 heteroatoms. The predicted molar refractivity (Wildman–Crippen MR) is 151 cm³/mol. The van der Waals surface area contributed by atoms with Crippen LogP contribution in [0.4, 0.5) is 22.0 Å². The lowest BCUT2D eigenvalue weighted by Crippen LogP contribution is -2.33. The maximum absolute atomic E-state index is 14.4. The average Bonchev–Trinajstić information content (AvgIpc) is 3.43. The Morgan fingerprint density at radius 2 is 1.82 bits per heavy atom. The minimum Gasteiger partial charge on any atom is -0.494 e. The number of halogens is 5. The van der Waals surface area contributed by atoms with E-state index in [1.165, 1.54) is 36.4 Å². The van der Waals surface area contributed by atoms with E-state index in [0.29, 0.717) is 24.2 Å². The van der Waals surface area contributed by atoms with Gasteiger partial charge in [0, 0.05) is 11.8 Å². The van der Waals surface area contributed by atoms with E-state index in [-0.39, 0.29) is 53.8 Å². The maximum Gasteiger partial charge on any atom is 0.417 e. The quantitative estimate of drug-likeness (QED) is 0.151. The summed E-state index contributed by atoms with van der Waals surface area (Å²) in [4.78, 5) is 22.2. The standard InChI is InChI=1S/C31H28F5N5O3/c1-3-14-43-18-8-9-19(21(16-18)31(34,35)36)23-10-11-25(40-39-23)28(30(42)44-15-4-2)41-13-12-24-26(17-41)38-29(37-24)20-6-5-7-22(32)27(20)33/h5-13,16,28H,3-4,14-15,17H2,1-2H3,(H,37,38). The second-order valence-corrected chi connectivity index (χ2v) is 10.0. The average molecular weight is 614 g/mol. The molecule has 0 amide bonds. The Morgan fingerprint density at radius 1 is 1.02 bits per heavy atom. The number of ether oxygens (including phenoxy) is 2. The zero-order valence-corrected chi connectivity index (χ0v) is 23.8. The molecule has 0 aliphatic carbocycles. The molecule has 1 unspecified atom stereocenters. The first-order valence-corrected chi connectivity index (χ1v) is 13.9. The lowest BCUT2D eigenvalue weighted by molar-refractivity contribution is -0.149. The van der Waals surface area contributed by atoms with Gasteiger partial charge in [0.05, 0.1) is 53.7 Å². The van der Waals surface area contributed by atoms with E-state index < -0.39 is 35.4 Å². The van der Waals surface area contributed by atoms with Crippen molar-refractivity contribution in [1.29, 1.82) is 0 Å². The summed E-state index contributed by atoms with van der Waals surface area (Å²) in [5, 5.41) is 8.20. The monoisotopic (exact) mass is 613 g/mol. The molecule has 3 heterocycles. The third-order valence-electron chi connectivity index (χ3n) is 6.80. The van der Waals surface area contributed by atoms with E-state index in [2.05, 4.69) is 20.2 Å². The van der Waals surface area contributed by atoms with Crippen LogP contribution in [0.25, 0.3) is 28.7 Å². The fourth-order valence-corrected chi connectivity index (χ4v) is 4.71. The molecule has 0 fully saturated rings. The molecule has 44 heavy (non-hydrogen) atoms. The Kier molecular flexibility index (Phi) is 8.93. The van der Waals surface area contributed by atoms with Gasteiger partial charge in [-0.2, -0.15) is 23.4 Å². The number of H-pyrrole nitrogens is 1. The van der Waals surface area contributed by atoms with E-state index in [9.17, 15) is 26.7 Å². The van der Waals surface area contributed by atoms with Crippen LogP contribution in [-0.4, -0.2) is 44.2 Å². The van der Waals surface area contributed by atoms with Gasteiger partial charge in [-0.1, -0.05) is 19.9 Å². The number of aromatic amines is 1. The molecule has 2 aromatic carbocycles. The van der Waals surface area contributed by atoms with Crippen LogP contribution in [0.3, 0.4) is 0 Å². The second-order valence-electron chi connectivity index (χ2n) is 10.0. The number of hydrogen-bond donors (Lipinski definition) is 1. The number of fused-ring (bicyclic) bond motifs is 1. The molecule has 0 spiro atoms. The van der Waals surface area contributed by atoms with Gasteiger partial charge in [0.2, 0.25) is 0 Å². The number of carbonyl (C=O) groups is 1. The van der Waals surface area contributed by atoms with E-state index >= 15 is 0 Å². The highest BCUT2D eigenvalue weighted by Gasteiger charge is 2.36. The number of rotatable bonds is 10. The summed E-state index contributed by atoms with van der Waals surface area (Å²) in [6.07, 6.45) is -0.306. The number of alkyl halides is 3. The van der Waals surface area contributed by atoms with Crippen LogP contribution in [0.1, 0.15) is 55.4 Å². The summed E-state index contributed by atoms with van der Waals surface area (Å²) in [7, 11) is 0. The van der Waals surface area contributed by atoms with Gasteiger partial charge in [0.25, 0.3) is 0 Å². The normalized spacial score (nSPS) is 13.5. The molecule has 5 rings (SSSR count). The highest BCUT2D eigenvalue weighted by atomic mass is 19.4. The second kappa shape index (κ2) is 12.8. The van der Waals surface area contributed by atoms with Crippen molar-refractivity contribution in [1.82, 2.24) is 25.1 Å². The summed E-state index contributed by atoms with van der Waals surface area (Å²) in [6.45, 7) is 4.17. The molecule has 0 bridgehead atoms. The van der Waals surface area contributed by atoms with Crippen LogP contribution in [-0.2, 0) is 22.3 Å². The van der Waals surface area contributed by atoms with Gasteiger partial charge in [0.15, 0.2) is 17.7 Å². The van der Waals surface area contributed by atoms with Crippen molar-refractivity contribution < 1.29 is 36.2 Å². The van der Waals surface area contributed by atoms with Crippen molar-refractivity contribution in [3.63, 3.8) is 0 Å². The van der Waals surface area contributed by atoms with Crippen molar-refractivity contribution in [2.24, 2.45) is 0 Å². The smallest absolute Gasteiger partial charge is 0.417 e. The van der Waals surface area contributed by atoms with Crippen LogP contribution in [0.5, 0.6) is 5.75 Å². The molecule has 0 saturated carbocycles. The maximum atomic E-state index is 14.4.